The number of rotatable bonds is 5. The highest BCUT2D eigenvalue weighted by molar-refractivity contribution is 14.1. The summed E-state index contributed by atoms with van der Waals surface area (Å²) in [6, 6.07) is 26.0. The second-order valence-electron chi connectivity index (χ2n) is 6.27. The van der Waals surface area contributed by atoms with Crippen molar-refractivity contribution in [2.24, 2.45) is 5.10 Å². The Labute approximate surface area is 176 Å². The lowest BCUT2D eigenvalue weighted by molar-refractivity contribution is -0.123. The monoisotopic (exact) mass is 480 g/mol. The largest absolute Gasteiger partial charge is 0.484 e. The number of ether oxygens (including phenoxy) is 1. The van der Waals surface area contributed by atoms with Gasteiger partial charge in [-0.3, -0.25) is 4.79 Å². The number of benzene rings is 4. The fourth-order valence-corrected chi connectivity index (χ4v) is 3.43. The standard InChI is InChI=1S/C23H17IN2O2/c24-18-9-11-19(12-10-18)28-15-23(27)26-25-14-22-20-7-3-1-5-16(20)13-17-6-2-4-8-21(17)22/h1-14H,15H2,(H,26,27)/b25-14+. The summed E-state index contributed by atoms with van der Waals surface area (Å²) in [4.78, 5) is 12.0. The first kappa shape index (κ1) is 18.4. The highest BCUT2D eigenvalue weighted by atomic mass is 127. The molecule has 138 valence electrons. The predicted molar refractivity (Wildman–Crippen MR) is 122 cm³/mol. The smallest absolute Gasteiger partial charge is 0.277 e. The lowest BCUT2D eigenvalue weighted by Gasteiger charge is -2.08. The SMILES string of the molecule is O=C(COc1ccc(I)cc1)N/N=C/c1c2ccccc2cc2ccccc12. The van der Waals surface area contributed by atoms with Crippen molar-refractivity contribution >= 4 is 56.3 Å². The van der Waals surface area contributed by atoms with Crippen LogP contribution < -0.4 is 10.2 Å². The topological polar surface area (TPSA) is 50.7 Å². The van der Waals surface area contributed by atoms with Gasteiger partial charge in [-0.1, -0.05) is 48.5 Å². The summed E-state index contributed by atoms with van der Waals surface area (Å²) in [7, 11) is 0. The van der Waals surface area contributed by atoms with Crippen molar-refractivity contribution in [2.75, 3.05) is 6.61 Å². The van der Waals surface area contributed by atoms with Crippen molar-refractivity contribution in [3.63, 3.8) is 0 Å². The van der Waals surface area contributed by atoms with E-state index in [2.05, 4.69) is 63.4 Å². The molecular formula is C23H17IN2O2. The number of nitrogens with one attached hydrogen (secondary N) is 1. The summed E-state index contributed by atoms with van der Waals surface area (Å²) >= 11 is 2.22. The van der Waals surface area contributed by atoms with E-state index in [1.807, 2.05) is 48.5 Å². The number of carbonyl (C=O) groups excluding carboxylic acids is 1. The first-order valence-corrected chi connectivity index (χ1v) is 9.89. The Balaban J connectivity index is 1.51. The Hall–Kier alpha value is -2.93. The van der Waals surface area contributed by atoms with Gasteiger partial charge in [0.15, 0.2) is 6.61 Å². The zero-order valence-electron chi connectivity index (χ0n) is 14.9. The molecule has 0 radical (unpaired) electrons. The third-order valence-electron chi connectivity index (χ3n) is 4.38. The van der Waals surface area contributed by atoms with Gasteiger partial charge in [-0.2, -0.15) is 5.10 Å². The summed E-state index contributed by atoms with van der Waals surface area (Å²) in [6.45, 7) is -0.0891. The quantitative estimate of drug-likeness (QED) is 0.187. The Morgan fingerprint density at radius 1 is 0.929 bits per heavy atom. The zero-order valence-corrected chi connectivity index (χ0v) is 17.1. The Kier molecular flexibility index (Phi) is 5.53. The number of amides is 1. The van der Waals surface area contributed by atoms with E-state index in [1.165, 1.54) is 0 Å². The fourth-order valence-electron chi connectivity index (χ4n) is 3.07. The number of hydrazone groups is 1. The van der Waals surface area contributed by atoms with E-state index in [9.17, 15) is 4.79 Å². The van der Waals surface area contributed by atoms with Crippen molar-refractivity contribution in [2.45, 2.75) is 0 Å². The van der Waals surface area contributed by atoms with E-state index in [0.29, 0.717) is 5.75 Å². The average molecular weight is 480 g/mol. The minimum Gasteiger partial charge on any atom is -0.484 e. The summed E-state index contributed by atoms with van der Waals surface area (Å²) < 4.78 is 6.59. The molecule has 0 saturated carbocycles. The van der Waals surface area contributed by atoms with Gasteiger partial charge in [-0.15, -0.1) is 0 Å². The molecule has 0 spiro atoms. The molecule has 0 unspecified atom stereocenters. The van der Waals surface area contributed by atoms with E-state index in [1.54, 1.807) is 6.21 Å². The third kappa shape index (κ3) is 4.14. The van der Waals surface area contributed by atoms with E-state index in [0.717, 1.165) is 30.7 Å². The lowest BCUT2D eigenvalue weighted by atomic mass is 9.97. The van der Waals surface area contributed by atoms with Gasteiger partial charge in [0.1, 0.15) is 5.75 Å². The molecule has 0 fully saturated rings. The highest BCUT2D eigenvalue weighted by Gasteiger charge is 2.06. The molecule has 0 heterocycles. The van der Waals surface area contributed by atoms with Gasteiger partial charge in [-0.25, -0.2) is 5.43 Å². The maximum absolute atomic E-state index is 12.0. The minimum absolute atomic E-state index is 0.0891. The van der Waals surface area contributed by atoms with Crippen molar-refractivity contribution < 1.29 is 9.53 Å². The van der Waals surface area contributed by atoms with Crippen LogP contribution in [0.2, 0.25) is 0 Å². The molecular weight excluding hydrogens is 463 g/mol. The van der Waals surface area contributed by atoms with E-state index in [-0.39, 0.29) is 12.5 Å². The van der Waals surface area contributed by atoms with Gasteiger partial charge in [0, 0.05) is 9.13 Å². The molecule has 1 N–H and O–H groups in total. The van der Waals surface area contributed by atoms with Gasteiger partial charge in [0.2, 0.25) is 0 Å². The molecule has 4 aromatic carbocycles. The summed E-state index contributed by atoms with van der Waals surface area (Å²) in [5.41, 5.74) is 3.53. The van der Waals surface area contributed by atoms with Crippen LogP contribution in [-0.4, -0.2) is 18.7 Å². The van der Waals surface area contributed by atoms with Crippen LogP contribution in [-0.2, 0) is 4.79 Å². The maximum atomic E-state index is 12.0. The van der Waals surface area contributed by atoms with Gasteiger partial charge < -0.3 is 4.74 Å². The van der Waals surface area contributed by atoms with Crippen molar-refractivity contribution in [3.05, 3.63) is 88.0 Å². The second-order valence-corrected chi connectivity index (χ2v) is 7.51. The van der Waals surface area contributed by atoms with Crippen LogP contribution in [0.1, 0.15) is 5.56 Å². The molecule has 4 nitrogen and oxygen atoms in total. The Morgan fingerprint density at radius 2 is 1.54 bits per heavy atom. The molecule has 4 rings (SSSR count). The Bertz CT molecular complexity index is 1120. The van der Waals surface area contributed by atoms with Crippen LogP contribution in [0, 0.1) is 3.57 Å². The van der Waals surface area contributed by atoms with Crippen LogP contribution in [0.5, 0.6) is 5.75 Å². The zero-order chi connectivity index (χ0) is 19.3. The van der Waals surface area contributed by atoms with E-state index >= 15 is 0 Å². The number of hydrogen-bond donors (Lipinski definition) is 1. The molecule has 1 amide bonds. The highest BCUT2D eigenvalue weighted by Crippen LogP contribution is 2.27. The molecule has 0 aliphatic rings. The Morgan fingerprint density at radius 3 is 2.18 bits per heavy atom. The fraction of sp³-hybridized carbons (Fsp3) is 0.0435. The summed E-state index contributed by atoms with van der Waals surface area (Å²) in [5.74, 6) is 0.346. The van der Waals surface area contributed by atoms with Crippen LogP contribution in [0.25, 0.3) is 21.5 Å². The number of nitrogens with zero attached hydrogens (tertiary/aromatic N) is 1. The first-order chi connectivity index (χ1) is 13.7. The van der Waals surface area contributed by atoms with Crippen molar-refractivity contribution in [1.82, 2.24) is 5.43 Å². The molecule has 0 aliphatic carbocycles. The molecule has 0 saturated heterocycles. The van der Waals surface area contributed by atoms with Crippen molar-refractivity contribution in [1.29, 1.82) is 0 Å². The summed E-state index contributed by atoms with van der Waals surface area (Å²) in [6.07, 6.45) is 1.70. The van der Waals surface area contributed by atoms with Crippen LogP contribution >= 0.6 is 22.6 Å². The number of halogens is 1. The minimum atomic E-state index is -0.306. The molecule has 0 bridgehead atoms. The lowest BCUT2D eigenvalue weighted by Crippen LogP contribution is -2.24. The number of carbonyl (C=O) groups is 1. The first-order valence-electron chi connectivity index (χ1n) is 8.81. The number of fused-ring (bicyclic) bond motifs is 2. The van der Waals surface area contributed by atoms with E-state index < -0.39 is 0 Å². The molecule has 28 heavy (non-hydrogen) atoms. The van der Waals surface area contributed by atoms with Gasteiger partial charge >= 0.3 is 0 Å². The second kappa shape index (κ2) is 8.39. The van der Waals surface area contributed by atoms with Gasteiger partial charge in [0.05, 0.1) is 6.21 Å². The summed E-state index contributed by atoms with van der Waals surface area (Å²) in [5, 5.41) is 8.62. The molecule has 5 heteroatoms. The average Bonchev–Trinajstić information content (AvgIpc) is 2.73. The third-order valence-corrected chi connectivity index (χ3v) is 5.10. The van der Waals surface area contributed by atoms with Crippen molar-refractivity contribution in [3.8, 4) is 5.75 Å². The molecule has 0 aromatic heterocycles. The molecule has 4 aromatic rings. The molecule has 0 aliphatic heterocycles. The van der Waals surface area contributed by atoms with E-state index in [4.69, 9.17) is 4.74 Å². The maximum Gasteiger partial charge on any atom is 0.277 e. The van der Waals surface area contributed by atoms with Crippen LogP contribution in [0.3, 0.4) is 0 Å². The van der Waals surface area contributed by atoms with Crippen LogP contribution in [0.4, 0.5) is 0 Å². The van der Waals surface area contributed by atoms with Gasteiger partial charge in [-0.05, 0) is 74.5 Å². The number of hydrogen-bond acceptors (Lipinski definition) is 3. The predicted octanol–water partition coefficient (Wildman–Crippen LogP) is 5.13. The van der Waals surface area contributed by atoms with Gasteiger partial charge in [0.25, 0.3) is 5.91 Å². The normalized spacial score (nSPS) is 11.2. The molecule has 0 atom stereocenters. The van der Waals surface area contributed by atoms with Crippen LogP contribution in [0.15, 0.2) is 84.0 Å².